The van der Waals surface area contributed by atoms with Crippen LogP contribution in [0, 0.1) is 18.6 Å². The van der Waals surface area contributed by atoms with Crippen LogP contribution in [-0.4, -0.2) is 34.9 Å². The molecule has 1 aromatic heterocycles. The normalized spacial score (nSPS) is 20.8. The summed E-state index contributed by atoms with van der Waals surface area (Å²) in [4.78, 5) is 4.37. The van der Waals surface area contributed by atoms with E-state index in [0.717, 1.165) is 27.8 Å². The molecule has 0 aliphatic carbocycles. The summed E-state index contributed by atoms with van der Waals surface area (Å²) in [5.41, 5.74) is 4.29. The van der Waals surface area contributed by atoms with Crippen molar-refractivity contribution in [1.82, 2.24) is 10.3 Å². The number of hydrogen-bond acceptors (Lipinski definition) is 5. The van der Waals surface area contributed by atoms with Crippen LogP contribution >= 0.6 is 0 Å². The molecule has 2 N–H and O–H groups in total. The third-order valence-electron chi connectivity index (χ3n) is 6.39. The van der Waals surface area contributed by atoms with Crippen molar-refractivity contribution in [2.75, 3.05) is 6.61 Å². The van der Waals surface area contributed by atoms with Crippen LogP contribution in [0.25, 0.3) is 11.1 Å². The summed E-state index contributed by atoms with van der Waals surface area (Å²) < 4.78 is 38.8. The van der Waals surface area contributed by atoms with Crippen LogP contribution in [0.4, 0.5) is 8.78 Å². The Bertz CT molecular complexity index is 1210. The lowest BCUT2D eigenvalue weighted by molar-refractivity contribution is -0.0718. The summed E-state index contributed by atoms with van der Waals surface area (Å²) in [5.74, 6) is -0.280. The Balaban J connectivity index is 1.29. The summed E-state index contributed by atoms with van der Waals surface area (Å²) >= 11 is 0. The van der Waals surface area contributed by atoms with Gasteiger partial charge in [-0.1, -0.05) is 30.3 Å². The molecule has 1 aliphatic heterocycles. The lowest BCUT2D eigenvalue weighted by Crippen LogP contribution is -2.50. The second kappa shape index (κ2) is 9.62. The third kappa shape index (κ3) is 4.87. The summed E-state index contributed by atoms with van der Waals surface area (Å²) in [5, 5.41) is 14.3. The quantitative estimate of drug-likeness (QED) is 0.427. The fraction of sp³-hybridized carbons (Fsp3) is 0.296. The SMILES string of the molecule is Cc1nc2cc(CNC3COC(C(c4ccc(F)cc4)c4ccc(F)cc4)CC3O)ccc2o1. The van der Waals surface area contributed by atoms with Crippen LogP contribution in [0.2, 0.25) is 0 Å². The zero-order chi connectivity index (χ0) is 23.7. The van der Waals surface area contributed by atoms with E-state index in [1.807, 2.05) is 25.1 Å². The number of halogens is 2. The molecule has 0 amide bonds. The van der Waals surface area contributed by atoms with E-state index in [1.165, 1.54) is 24.3 Å². The van der Waals surface area contributed by atoms with Crippen molar-refractivity contribution >= 4 is 11.1 Å². The van der Waals surface area contributed by atoms with Crippen molar-refractivity contribution in [2.24, 2.45) is 0 Å². The van der Waals surface area contributed by atoms with Crippen molar-refractivity contribution < 1.29 is 23.0 Å². The first-order valence-electron chi connectivity index (χ1n) is 11.4. The minimum atomic E-state index is -0.639. The highest BCUT2D eigenvalue weighted by molar-refractivity contribution is 5.73. The van der Waals surface area contributed by atoms with Crippen molar-refractivity contribution in [1.29, 1.82) is 0 Å². The van der Waals surface area contributed by atoms with Crippen molar-refractivity contribution in [3.63, 3.8) is 0 Å². The molecule has 5 nitrogen and oxygen atoms in total. The highest BCUT2D eigenvalue weighted by Gasteiger charge is 2.35. The summed E-state index contributed by atoms with van der Waals surface area (Å²) in [7, 11) is 0. The maximum absolute atomic E-state index is 13.5. The number of fused-ring (bicyclic) bond motifs is 1. The molecule has 3 aromatic carbocycles. The van der Waals surface area contributed by atoms with Crippen LogP contribution in [-0.2, 0) is 11.3 Å². The van der Waals surface area contributed by atoms with E-state index in [9.17, 15) is 13.9 Å². The van der Waals surface area contributed by atoms with E-state index in [0.29, 0.717) is 25.5 Å². The zero-order valence-electron chi connectivity index (χ0n) is 18.7. The molecular formula is C27H26F2N2O3. The van der Waals surface area contributed by atoms with Crippen LogP contribution in [0.1, 0.15) is 34.9 Å². The first-order valence-corrected chi connectivity index (χ1v) is 11.4. The van der Waals surface area contributed by atoms with Gasteiger partial charge in [-0.25, -0.2) is 13.8 Å². The van der Waals surface area contributed by atoms with Gasteiger partial charge in [-0.2, -0.15) is 0 Å². The molecule has 0 saturated carbocycles. The predicted octanol–water partition coefficient (Wildman–Crippen LogP) is 4.85. The van der Waals surface area contributed by atoms with E-state index in [1.54, 1.807) is 24.3 Å². The van der Waals surface area contributed by atoms with E-state index in [2.05, 4.69) is 10.3 Å². The number of aromatic nitrogens is 1. The molecule has 0 radical (unpaired) electrons. The Hall–Kier alpha value is -3.13. The Kier molecular flexibility index (Phi) is 6.41. The minimum absolute atomic E-state index is 0.243. The molecule has 176 valence electrons. The highest BCUT2D eigenvalue weighted by atomic mass is 19.1. The summed E-state index contributed by atoms with van der Waals surface area (Å²) in [6.07, 6.45) is -0.586. The predicted molar refractivity (Wildman–Crippen MR) is 124 cm³/mol. The molecule has 34 heavy (non-hydrogen) atoms. The lowest BCUT2D eigenvalue weighted by atomic mass is 9.82. The Morgan fingerprint density at radius 3 is 2.26 bits per heavy atom. The number of aliphatic hydroxyl groups excluding tert-OH is 1. The van der Waals surface area contributed by atoms with Crippen LogP contribution in [0.5, 0.6) is 0 Å². The van der Waals surface area contributed by atoms with Crippen LogP contribution in [0.3, 0.4) is 0 Å². The van der Waals surface area contributed by atoms with Crippen LogP contribution in [0.15, 0.2) is 71.1 Å². The van der Waals surface area contributed by atoms with Gasteiger partial charge in [0.05, 0.1) is 24.9 Å². The highest BCUT2D eigenvalue weighted by Crippen LogP contribution is 2.35. The summed E-state index contributed by atoms with van der Waals surface area (Å²) in [6, 6.07) is 18.1. The van der Waals surface area contributed by atoms with Gasteiger partial charge in [-0.3, -0.25) is 0 Å². The Labute approximate surface area is 196 Å². The van der Waals surface area contributed by atoms with Crippen molar-refractivity contribution in [2.45, 2.75) is 44.1 Å². The molecule has 1 saturated heterocycles. The first-order chi connectivity index (χ1) is 16.5. The number of aliphatic hydroxyl groups is 1. The second-order valence-electron chi connectivity index (χ2n) is 8.78. The van der Waals surface area contributed by atoms with Gasteiger partial charge >= 0.3 is 0 Å². The Morgan fingerprint density at radius 1 is 1.00 bits per heavy atom. The van der Waals surface area contributed by atoms with Gasteiger partial charge < -0.3 is 19.6 Å². The smallest absolute Gasteiger partial charge is 0.192 e. The topological polar surface area (TPSA) is 67.5 Å². The first kappa shape index (κ1) is 22.7. The average Bonchev–Trinajstić information content (AvgIpc) is 3.20. The molecule has 4 aromatic rings. The number of oxazole rings is 1. The molecule has 1 fully saturated rings. The maximum Gasteiger partial charge on any atom is 0.192 e. The maximum atomic E-state index is 13.5. The van der Waals surface area contributed by atoms with Gasteiger partial charge in [-0.15, -0.1) is 0 Å². The number of nitrogens with one attached hydrogen (secondary N) is 1. The molecule has 5 rings (SSSR count). The van der Waals surface area contributed by atoms with Crippen LogP contribution < -0.4 is 5.32 Å². The molecule has 3 unspecified atom stereocenters. The number of nitrogens with zero attached hydrogens (tertiary/aromatic N) is 1. The fourth-order valence-electron chi connectivity index (χ4n) is 4.65. The van der Waals surface area contributed by atoms with Gasteiger partial charge in [-0.05, 0) is 53.1 Å². The van der Waals surface area contributed by atoms with Crippen molar-refractivity contribution in [3.05, 3.63) is 101 Å². The van der Waals surface area contributed by atoms with E-state index >= 15 is 0 Å². The Morgan fingerprint density at radius 2 is 1.65 bits per heavy atom. The van der Waals surface area contributed by atoms with Gasteiger partial charge in [0, 0.05) is 25.8 Å². The number of rotatable bonds is 6. The fourth-order valence-corrected chi connectivity index (χ4v) is 4.65. The van der Waals surface area contributed by atoms with Gasteiger partial charge in [0.1, 0.15) is 17.2 Å². The third-order valence-corrected chi connectivity index (χ3v) is 6.39. The molecule has 1 aliphatic rings. The molecule has 7 heteroatoms. The summed E-state index contributed by atoms with van der Waals surface area (Å²) in [6.45, 7) is 2.68. The molecule has 0 spiro atoms. The standard InChI is InChI=1S/C27H26F2N2O3/c1-16-31-22-12-17(2-11-25(22)34-16)14-30-23-15-33-26(13-24(23)32)27(18-3-7-20(28)8-4-18)19-5-9-21(29)10-6-19/h2-12,23-24,26-27,30,32H,13-15H2,1H3. The van der Waals surface area contributed by atoms with Crippen molar-refractivity contribution in [3.8, 4) is 0 Å². The van der Waals surface area contributed by atoms with E-state index in [4.69, 9.17) is 9.15 Å². The largest absolute Gasteiger partial charge is 0.441 e. The monoisotopic (exact) mass is 464 g/mol. The molecule has 0 bridgehead atoms. The molecular weight excluding hydrogens is 438 g/mol. The van der Waals surface area contributed by atoms with E-state index < -0.39 is 6.10 Å². The average molecular weight is 465 g/mol. The number of benzene rings is 3. The zero-order valence-corrected chi connectivity index (χ0v) is 18.7. The van der Waals surface area contributed by atoms with Gasteiger partial charge in [0.25, 0.3) is 0 Å². The minimum Gasteiger partial charge on any atom is -0.441 e. The van der Waals surface area contributed by atoms with Gasteiger partial charge in [0.2, 0.25) is 0 Å². The number of hydrogen-bond donors (Lipinski definition) is 2. The van der Waals surface area contributed by atoms with E-state index in [-0.39, 0.29) is 29.7 Å². The van der Waals surface area contributed by atoms with Gasteiger partial charge in [0.15, 0.2) is 11.5 Å². The molecule has 3 atom stereocenters. The number of ether oxygens (including phenoxy) is 1. The number of aryl methyl sites for hydroxylation is 1. The molecule has 2 heterocycles. The lowest BCUT2D eigenvalue weighted by Gasteiger charge is -2.38. The second-order valence-corrected chi connectivity index (χ2v) is 8.78.